The van der Waals surface area contributed by atoms with Crippen molar-refractivity contribution >= 4 is 29.1 Å². The summed E-state index contributed by atoms with van der Waals surface area (Å²) in [4.78, 5) is 23.7. The molecule has 0 saturated carbocycles. The van der Waals surface area contributed by atoms with Crippen molar-refractivity contribution in [2.75, 3.05) is 30.9 Å². The molecule has 0 bridgehead atoms. The predicted molar refractivity (Wildman–Crippen MR) is 129 cm³/mol. The Labute approximate surface area is 197 Å². The van der Waals surface area contributed by atoms with Crippen LogP contribution in [0.5, 0.6) is 0 Å². The van der Waals surface area contributed by atoms with Gasteiger partial charge in [0, 0.05) is 53.7 Å². The van der Waals surface area contributed by atoms with Crippen molar-refractivity contribution in [3.05, 3.63) is 82.3 Å². The van der Waals surface area contributed by atoms with Gasteiger partial charge in [-0.2, -0.15) is 0 Å². The van der Waals surface area contributed by atoms with E-state index in [4.69, 9.17) is 11.6 Å². The molecular weight excluding hydrogens is 438 g/mol. The quantitative estimate of drug-likeness (QED) is 0.471. The number of hydrazine groups is 1. The second-order valence-electron chi connectivity index (χ2n) is 8.68. The maximum Gasteiger partial charge on any atom is 0.320 e. The Balaban J connectivity index is 1.27. The van der Waals surface area contributed by atoms with Gasteiger partial charge < -0.3 is 15.6 Å². The number of fused-ring (bicyclic) bond motifs is 1. The predicted octanol–water partition coefficient (Wildman–Crippen LogP) is 3.68. The number of carbonyl (C=O) groups excluding carboxylic acids is 1. The molecule has 0 radical (unpaired) electrons. The topological polar surface area (TPSA) is 94.2 Å². The van der Waals surface area contributed by atoms with Gasteiger partial charge in [-0.1, -0.05) is 23.7 Å². The molecule has 9 heteroatoms. The number of urea groups is 1. The standard InChI is InChI=1S/C24H26ClN7O/c1-14-8-16(6-7-26-14)23-18-11-27-22(10-20(18)30-31-23)29-24(33)28-21-13-32(2)12-19(21)15-4-3-5-17(25)9-15/h3-11,19,21,23,30-31H,12-13H2,1-2H3,(H2,27,28,29,33)/t19-,21?,23?/m0/s1. The summed E-state index contributed by atoms with van der Waals surface area (Å²) in [6, 6.07) is 13.4. The number of hydrogen-bond donors (Lipinski definition) is 4. The fourth-order valence-corrected chi connectivity index (χ4v) is 4.85. The van der Waals surface area contributed by atoms with Gasteiger partial charge in [-0.15, -0.1) is 0 Å². The zero-order chi connectivity index (χ0) is 22.9. The van der Waals surface area contributed by atoms with Crippen LogP contribution in [0.3, 0.4) is 0 Å². The van der Waals surface area contributed by atoms with Gasteiger partial charge in [0.15, 0.2) is 0 Å². The number of likely N-dealkylation sites (N-methyl/N-ethyl adjacent to an activating group) is 1. The number of aromatic nitrogens is 2. The van der Waals surface area contributed by atoms with Crippen LogP contribution in [0.2, 0.25) is 5.02 Å². The number of aryl methyl sites for hydroxylation is 1. The van der Waals surface area contributed by atoms with Crippen LogP contribution in [0.4, 0.5) is 16.3 Å². The van der Waals surface area contributed by atoms with E-state index in [2.05, 4.69) is 49.5 Å². The van der Waals surface area contributed by atoms with Crippen LogP contribution in [0, 0.1) is 6.92 Å². The van der Waals surface area contributed by atoms with Crippen molar-refractivity contribution in [2.24, 2.45) is 0 Å². The second kappa shape index (κ2) is 8.97. The summed E-state index contributed by atoms with van der Waals surface area (Å²) in [5, 5.41) is 6.70. The van der Waals surface area contributed by atoms with E-state index in [-0.39, 0.29) is 24.0 Å². The molecule has 5 rings (SSSR count). The van der Waals surface area contributed by atoms with Crippen molar-refractivity contribution in [2.45, 2.75) is 24.9 Å². The van der Waals surface area contributed by atoms with Crippen LogP contribution >= 0.6 is 11.6 Å². The van der Waals surface area contributed by atoms with E-state index >= 15 is 0 Å². The number of amides is 2. The number of carbonyl (C=O) groups is 1. The Morgan fingerprint density at radius 1 is 1.15 bits per heavy atom. The van der Waals surface area contributed by atoms with Crippen molar-refractivity contribution in [1.29, 1.82) is 0 Å². The molecule has 2 aliphatic rings. The Bertz CT molecular complexity index is 1190. The van der Waals surface area contributed by atoms with Crippen molar-refractivity contribution in [3.8, 4) is 0 Å². The number of nitrogens with one attached hydrogen (secondary N) is 4. The van der Waals surface area contributed by atoms with E-state index in [9.17, 15) is 4.79 Å². The van der Waals surface area contributed by atoms with Crippen LogP contribution < -0.4 is 21.5 Å². The maximum atomic E-state index is 12.8. The molecule has 33 heavy (non-hydrogen) atoms. The summed E-state index contributed by atoms with van der Waals surface area (Å²) in [5.74, 6) is 0.653. The summed E-state index contributed by atoms with van der Waals surface area (Å²) in [5.41, 5.74) is 11.6. The largest absolute Gasteiger partial charge is 0.333 e. The summed E-state index contributed by atoms with van der Waals surface area (Å²) in [6.07, 6.45) is 3.59. The van der Waals surface area contributed by atoms with Gasteiger partial charge >= 0.3 is 6.03 Å². The molecule has 2 aromatic heterocycles. The molecule has 170 valence electrons. The van der Waals surface area contributed by atoms with Gasteiger partial charge in [0.05, 0.1) is 17.8 Å². The third-order valence-corrected chi connectivity index (χ3v) is 6.42. The summed E-state index contributed by atoms with van der Waals surface area (Å²) < 4.78 is 0. The third kappa shape index (κ3) is 4.64. The lowest BCUT2D eigenvalue weighted by atomic mass is 9.94. The van der Waals surface area contributed by atoms with E-state index in [1.807, 2.05) is 43.3 Å². The zero-order valence-corrected chi connectivity index (χ0v) is 19.2. The van der Waals surface area contributed by atoms with E-state index in [1.54, 1.807) is 12.4 Å². The van der Waals surface area contributed by atoms with Crippen molar-refractivity contribution in [1.82, 2.24) is 25.6 Å². The maximum absolute atomic E-state index is 12.8. The highest BCUT2D eigenvalue weighted by Crippen LogP contribution is 2.34. The van der Waals surface area contributed by atoms with E-state index < -0.39 is 0 Å². The highest BCUT2D eigenvalue weighted by atomic mass is 35.5. The highest BCUT2D eigenvalue weighted by molar-refractivity contribution is 6.30. The zero-order valence-electron chi connectivity index (χ0n) is 18.5. The van der Waals surface area contributed by atoms with Gasteiger partial charge in [0.2, 0.25) is 0 Å². The molecule has 3 atom stereocenters. The normalized spacial score (nSPS) is 22.0. The van der Waals surface area contributed by atoms with Gasteiger partial charge in [0.1, 0.15) is 5.82 Å². The first-order valence-electron chi connectivity index (χ1n) is 10.9. The van der Waals surface area contributed by atoms with Crippen molar-refractivity contribution < 1.29 is 4.79 Å². The molecule has 0 aliphatic carbocycles. The first-order valence-corrected chi connectivity index (χ1v) is 11.3. The first-order chi connectivity index (χ1) is 16.0. The van der Waals surface area contributed by atoms with E-state index in [1.165, 1.54) is 0 Å². The lowest BCUT2D eigenvalue weighted by Crippen LogP contribution is -2.42. The molecule has 1 fully saturated rings. The smallest absolute Gasteiger partial charge is 0.320 e. The Kier molecular flexibility index (Phi) is 5.88. The lowest BCUT2D eigenvalue weighted by molar-refractivity contribution is 0.247. The molecule has 4 N–H and O–H groups in total. The number of pyridine rings is 2. The molecule has 2 aliphatic heterocycles. The first kappa shape index (κ1) is 21.6. The van der Waals surface area contributed by atoms with Gasteiger partial charge in [-0.3, -0.25) is 10.3 Å². The van der Waals surface area contributed by atoms with Crippen molar-refractivity contribution in [3.63, 3.8) is 0 Å². The number of likely N-dealkylation sites (tertiary alicyclic amines) is 1. The fourth-order valence-electron chi connectivity index (χ4n) is 4.65. The van der Waals surface area contributed by atoms with Gasteiger partial charge in [0.25, 0.3) is 0 Å². The average Bonchev–Trinajstić information content (AvgIpc) is 3.36. The van der Waals surface area contributed by atoms with Crippen LogP contribution in [-0.4, -0.2) is 47.1 Å². The number of halogens is 1. The number of rotatable bonds is 4. The lowest BCUT2D eigenvalue weighted by Gasteiger charge is -2.20. The minimum absolute atomic E-state index is 0.0236. The number of nitrogens with zero attached hydrogens (tertiary/aromatic N) is 3. The monoisotopic (exact) mass is 463 g/mol. The van der Waals surface area contributed by atoms with E-state index in [0.717, 1.165) is 41.2 Å². The van der Waals surface area contributed by atoms with Crippen LogP contribution in [0.25, 0.3) is 0 Å². The molecule has 2 unspecified atom stereocenters. The molecule has 2 amide bonds. The fraction of sp³-hybridized carbons (Fsp3) is 0.292. The van der Waals surface area contributed by atoms with Gasteiger partial charge in [-0.05, 0) is 49.4 Å². The highest BCUT2D eigenvalue weighted by Gasteiger charge is 2.33. The molecule has 1 aromatic carbocycles. The molecular formula is C24H26ClN7O. The Hall–Kier alpha value is -3.20. The second-order valence-corrected chi connectivity index (χ2v) is 9.11. The van der Waals surface area contributed by atoms with Crippen LogP contribution in [0.1, 0.15) is 34.3 Å². The molecule has 4 heterocycles. The van der Waals surface area contributed by atoms with E-state index in [0.29, 0.717) is 10.8 Å². The molecule has 0 spiro atoms. The minimum atomic E-state index is -0.276. The summed E-state index contributed by atoms with van der Waals surface area (Å²) in [7, 11) is 2.05. The third-order valence-electron chi connectivity index (χ3n) is 6.19. The minimum Gasteiger partial charge on any atom is -0.333 e. The Morgan fingerprint density at radius 3 is 2.85 bits per heavy atom. The summed E-state index contributed by atoms with van der Waals surface area (Å²) >= 11 is 6.19. The summed E-state index contributed by atoms with van der Waals surface area (Å²) in [6.45, 7) is 3.59. The number of benzene rings is 1. The molecule has 1 saturated heterocycles. The molecule has 3 aromatic rings. The Morgan fingerprint density at radius 2 is 2.03 bits per heavy atom. The molecule has 8 nitrogen and oxygen atoms in total. The number of anilines is 2. The van der Waals surface area contributed by atoms with Crippen LogP contribution in [0.15, 0.2) is 54.9 Å². The van der Waals surface area contributed by atoms with Gasteiger partial charge in [-0.25, -0.2) is 15.2 Å². The number of hydrogen-bond acceptors (Lipinski definition) is 6. The average molecular weight is 464 g/mol. The SMILES string of the molecule is Cc1cc(C2NNc3cc(NC(=O)NC4CN(C)C[C@H]4c4cccc(Cl)c4)ncc32)ccn1. The van der Waals surface area contributed by atoms with Crippen LogP contribution in [-0.2, 0) is 0 Å².